The molecular weight excluding hydrogens is 412 g/mol. The van der Waals surface area contributed by atoms with E-state index >= 15 is 0 Å². The third kappa shape index (κ3) is 4.97. The lowest BCUT2D eigenvalue weighted by Gasteiger charge is -2.10. The summed E-state index contributed by atoms with van der Waals surface area (Å²) in [5.74, 6) is 0.278. The number of esters is 1. The zero-order valence-electron chi connectivity index (χ0n) is 16.1. The minimum atomic E-state index is -3.99. The molecule has 0 aliphatic rings. The highest BCUT2D eigenvalue weighted by Gasteiger charge is 2.20. The minimum absolute atomic E-state index is 0.0861. The first kappa shape index (κ1) is 20.9. The fourth-order valence-corrected chi connectivity index (χ4v) is 3.36. The van der Waals surface area contributed by atoms with Crippen molar-refractivity contribution in [2.45, 2.75) is 4.90 Å². The number of methoxy groups -OCH3 is 2. The van der Waals surface area contributed by atoms with E-state index in [0.29, 0.717) is 17.1 Å². The molecule has 0 radical (unpaired) electrons. The molecule has 3 aromatic rings. The number of sulfonamides is 1. The van der Waals surface area contributed by atoms with E-state index in [1.54, 1.807) is 36.4 Å². The Balaban J connectivity index is 1.67. The van der Waals surface area contributed by atoms with Crippen LogP contribution >= 0.6 is 0 Å². The summed E-state index contributed by atoms with van der Waals surface area (Å²) in [7, 11) is -1.19. The third-order valence-electron chi connectivity index (χ3n) is 3.86. The molecule has 0 spiro atoms. The molecule has 0 aliphatic heterocycles. The average Bonchev–Trinajstić information content (AvgIpc) is 3.29. The van der Waals surface area contributed by atoms with Crippen molar-refractivity contribution in [3.05, 3.63) is 72.2 Å². The van der Waals surface area contributed by atoms with Gasteiger partial charge < -0.3 is 18.6 Å². The fraction of sp³-hybridized carbons (Fsp3) is 0.100. The maximum atomic E-state index is 12.5. The van der Waals surface area contributed by atoms with E-state index in [9.17, 15) is 13.2 Å². The molecular formula is C20H18N2O7S. The van der Waals surface area contributed by atoms with Crippen LogP contribution in [0.25, 0.3) is 0 Å². The molecule has 9 nitrogen and oxygen atoms in total. The molecule has 30 heavy (non-hydrogen) atoms. The Bertz CT molecular complexity index is 1140. The maximum absolute atomic E-state index is 12.5. The number of hydrazone groups is 1. The zero-order valence-corrected chi connectivity index (χ0v) is 16.9. The number of furan rings is 1. The van der Waals surface area contributed by atoms with Crippen molar-refractivity contribution >= 4 is 22.2 Å². The van der Waals surface area contributed by atoms with E-state index in [1.165, 1.54) is 44.9 Å². The highest BCUT2D eigenvalue weighted by molar-refractivity contribution is 7.89. The Hall–Kier alpha value is -3.79. The monoisotopic (exact) mass is 430 g/mol. The van der Waals surface area contributed by atoms with Crippen molar-refractivity contribution < 1.29 is 31.8 Å². The van der Waals surface area contributed by atoms with Crippen LogP contribution in [0, 0.1) is 0 Å². The molecule has 156 valence electrons. The van der Waals surface area contributed by atoms with Crippen LogP contribution in [-0.4, -0.2) is 34.8 Å². The summed E-state index contributed by atoms with van der Waals surface area (Å²) in [6.07, 6.45) is 2.68. The Morgan fingerprint density at radius 3 is 2.40 bits per heavy atom. The number of nitrogens with one attached hydrogen (secondary N) is 1. The Morgan fingerprint density at radius 2 is 1.77 bits per heavy atom. The van der Waals surface area contributed by atoms with Gasteiger partial charge in [0.15, 0.2) is 0 Å². The number of rotatable bonds is 8. The van der Waals surface area contributed by atoms with Gasteiger partial charge in [-0.25, -0.2) is 4.79 Å². The van der Waals surface area contributed by atoms with Gasteiger partial charge in [0.1, 0.15) is 22.1 Å². The van der Waals surface area contributed by atoms with E-state index in [0.717, 1.165) is 0 Å². The van der Waals surface area contributed by atoms with Crippen molar-refractivity contribution in [1.29, 1.82) is 0 Å². The maximum Gasteiger partial charge on any atom is 0.379 e. The topological polar surface area (TPSA) is 116 Å². The van der Waals surface area contributed by atoms with E-state index in [4.69, 9.17) is 18.6 Å². The van der Waals surface area contributed by atoms with E-state index in [2.05, 4.69) is 9.93 Å². The summed E-state index contributed by atoms with van der Waals surface area (Å²) in [6.45, 7) is 0. The van der Waals surface area contributed by atoms with Crippen LogP contribution in [0.1, 0.15) is 16.1 Å². The minimum Gasteiger partial charge on any atom is -0.497 e. The van der Waals surface area contributed by atoms with Crippen LogP contribution in [0.15, 0.2) is 75.3 Å². The van der Waals surface area contributed by atoms with Gasteiger partial charge in [-0.15, -0.1) is 0 Å². The predicted octanol–water partition coefficient (Wildman–Crippen LogP) is 2.83. The number of hydrogen-bond acceptors (Lipinski definition) is 8. The lowest BCUT2D eigenvalue weighted by Crippen LogP contribution is -2.19. The predicted molar refractivity (Wildman–Crippen MR) is 108 cm³/mol. The van der Waals surface area contributed by atoms with Crippen molar-refractivity contribution in [2.75, 3.05) is 14.2 Å². The largest absolute Gasteiger partial charge is 0.497 e. The van der Waals surface area contributed by atoms with Crippen LogP contribution in [0.5, 0.6) is 17.2 Å². The summed E-state index contributed by atoms with van der Waals surface area (Å²) in [5.41, 5.74) is 0.577. The highest BCUT2D eigenvalue weighted by Crippen LogP contribution is 2.27. The van der Waals surface area contributed by atoms with Crippen LogP contribution < -0.4 is 19.0 Å². The average molecular weight is 430 g/mol. The van der Waals surface area contributed by atoms with Gasteiger partial charge in [0.25, 0.3) is 10.0 Å². The number of hydrogen-bond donors (Lipinski definition) is 1. The normalized spacial score (nSPS) is 11.3. The summed E-state index contributed by atoms with van der Waals surface area (Å²) in [4.78, 5) is 13.9. The molecule has 0 aliphatic carbocycles. The molecule has 1 heterocycles. The van der Waals surface area contributed by atoms with Gasteiger partial charge in [-0.3, -0.25) is 0 Å². The Morgan fingerprint density at radius 1 is 1.03 bits per heavy atom. The Labute approximate surface area is 172 Å². The van der Waals surface area contributed by atoms with Crippen molar-refractivity contribution in [3.8, 4) is 17.2 Å². The molecule has 1 aromatic heterocycles. The van der Waals surface area contributed by atoms with Crippen LogP contribution in [-0.2, 0) is 10.0 Å². The summed E-state index contributed by atoms with van der Waals surface area (Å²) < 4.78 is 45.3. The molecule has 10 heteroatoms. The number of benzene rings is 2. The Kier molecular flexibility index (Phi) is 6.38. The summed E-state index contributed by atoms with van der Waals surface area (Å²) in [6, 6.07) is 13.8. The van der Waals surface area contributed by atoms with Gasteiger partial charge in [-0.05, 0) is 54.1 Å². The van der Waals surface area contributed by atoms with Crippen molar-refractivity contribution in [1.82, 2.24) is 4.83 Å². The van der Waals surface area contributed by atoms with E-state index < -0.39 is 16.0 Å². The molecule has 2 aromatic carbocycles. The third-order valence-corrected chi connectivity index (χ3v) is 5.10. The number of carbonyl (C=O) groups excluding carboxylic acids is 1. The molecule has 0 amide bonds. The zero-order chi connectivity index (χ0) is 21.6. The second-order valence-electron chi connectivity index (χ2n) is 5.81. The molecule has 0 atom stereocenters. The quantitative estimate of drug-likeness (QED) is 0.253. The summed E-state index contributed by atoms with van der Waals surface area (Å²) in [5, 5.41) is 3.77. The smallest absolute Gasteiger partial charge is 0.379 e. The van der Waals surface area contributed by atoms with E-state index in [-0.39, 0.29) is 16.4 Å². The second kappa shape index (κ2) is 9.14. The lowest BCUT2D eigenvalue weighted by molar-refractivity contribution is 0.0701. The van der Waals surface area contributed by atoms with Crippen LogP contribution in [0.2, 0.25) is 0 Å². The van der Waals surface area contributed by atoms with Gasteiger partial charge in [0, 0.05) is 6.07 Å². The highest BCUT2D eigenvalue weighted by atomic mass is 32.2. The molecule has 1 N–H and O–H groups in total. The SMILES string of the molecule is COc1ccc(OC)c(S(=O)(=O)NN=Cc2ccc(OC(=O)c3ccco3)cc2)c1. The molecule has 0 saturated heterocycles. The second-order valence-corrected chi connectivity index (χ2v) is 7.43. The van der Waals surface area contributed by atoms with Crippen molar-refractivity contribution in [3.63, 3.8) is 0 Å². The van der Waals surface area contributed by atoms with E-state index in [1.807, 2.05) is 0 Å². The number of ether oxygens (including phenoxy) is 3. The van der Waals surface area contributed by atoms with Crippen molar-refractivity contribution in [2.24, 2.45) is 5.10 Å². The lowest BCUT2D eigenvalue weighted by atomic mass is 10.2. The molecule has 0 bridgehead atoms. The van der Waals surface area contributed by atoms with Gasteiger partial charge in [-0.1, -0.05) is 0 Å². The molecule has 3 rings (SSSR count). The molecule has 0 unspecified atom stereocenters. The molecule has 0 fully saturated rings. The number of nitrogens with zero attached hydrogens (tertiary/aromatic N) is 1. The summed E-state index contributed by atoms with van der Waals surface area (Å²) >= 11 is 0. The van der Waals surface area contributed by atoms with Gasteiger partial charge in [-0.2, -0.15) is 18.4 Å². The number of carbonyl (C=O) groups is 1. The van der Waals surface area contributed by atoms with Crippen LogP contribution in [0.4, 0.5) is 0 Å². The standard InChI is InChI=1S/C20H18N2O7S/c1-26-16-9-10-17(27-2)19(12-16)30(24,25)22-21-13-14-5-7-15(8-6-14)29-20(23)18-4-3-11-28-18/h3-13,22H,1-2H3. The van der Waals surface area contributed by atoms with Gasteiger partial charge in [0.2, 0.25) is 5.76 Å². The first-order chi connectivity index (χ1) is 14.4. The van der Waals surface area contributed by atoms with Crippen LogP contribution in [0.3, 0.4) is 0 Å². The first-order valence-corrected chi connectivity index (χ1v) is 10.0. The van der Waals surface area contributed by atoms with Gasteiger partial charge in [0.05, 0.1) is 26.7 Å². The fourth-order valence-electron chi connectivity index (χ4n) is 2.39. The van der Waals surface area contributed by atoms with Gasteiger partial charge >= 0.3 is 5.97 Å². The first-order valence-electron chi connectivity index (χ1n) is 8.55. The molecule has 0 saturated carbocycles.